The summed E-state index contributed by atoms with van der Waals surface area (Å²) < 4.78 is 2.25. The zero-order valence-corrected chi connectivity index (χ0v) is 7.04. The average molecular weight is 151 g/mol. The van der Waals surface area contributed by atoms with Crippen molar-refractivity contribution in [3.63, 3.8) is 0 Å². The summed E-state index contributed by atoms with van der Waals surface area (Å²) >= 11 is 0. The topological polar surface area (TPSA) is 30.7 Å². The Labute approximate surface area is 66.4 Å². The van der Waals surface area contributed by atoms with Crippen LogP contribution < -0.4 is 0 Å². The largest absolute Gasteiger partial charge is 0.312 e. The third-order valence-corrected chi connectivity index (χ3v) is 2.40. The van der Waals surface area contributed by atoms with Crippen LogP contribution in [0.3, 0.4) is 0 Å². The Hall–Kier alpha value is -0.860. The quantitative estimate of drug-likeness (QED) is 0.562. The maximum atomic E-state index is 4.12. The van der Waals surface area contributed by atoms with E-state index < -0.39 is 0 Å². The van der Waals surface area contributed by atoms with Gasteiger partial charge in [0.25, 0.3) is 0 Å². The Morgan fingerprint density at radius 2 is 2.27 bits per heavy atom. The van der Waals surface area contributed by atoms with Gasteiger partial charge in [-0.1, -0.05) is 0 Å². The minimum Gasteiger partial charge on any atom is -0.312 e. The summed E-state index contributed by atoms with van der Waals surface area (Å²) in [6.45, 7) is 4.26. The fourth-order valence-corrected chi connectivity index (χ4v) is 1.84. The standard InChI is InChI=1S/C8H13N3/c1-6-4-3-5-8-10-9-7(2)11(6)8/h6H,3-5H2,1-2H3. The molecule has 60 valence electrons. The molecule has 0 saturated heterocycles. The number of aromatic nitrogens is 3. The van der Waals surface area contributed by atoms with Crippen LogP contribution in [0.25, 0.3) is 0 Å². The summed E-state index contributed by atoms with van der Waals surface area (Å²) in [6.07, 6.45) is 3.64. The predicted octanol–water partition coefficient (Wildman–Crippen LogP) is 1.48. The van der Waals surface area contributed by atoms with Crippen molar-refractivity contribution in [1.29, 1.82) is 0 Å². The maximum Gasteiger partial charge on any atom is 0.133 e. The average Bonchev–Trinajstić information content (AvgIpc) is 2.34. The van der Waals surface area contributed by atoms with Crippen molar-refractivity contribution in [2.75, 3.05) is 0 Å². The lowest BCUT2D eigenvalue weighted by Crippen LogP contribution is -2.16. The lowest BCUT2D eigenvalue weighted by molar-refractivity contribution is 0.419. The van der Waals surface area contributed by atoms with Gasteiger partial charge in [-0.3, -0.25) is 0 Å². The van der Waals surface area contributed by atoms with Crippen LogP contribution in [0.4, 0.5) is 0 Å². The van der Waals surface area contributed by atoms with E-state index in [1.54, 1.807) is 0 Å². The summed E-state index contributed by atoms with van der Waals surface area (Å²) in [5.41, 5.74) is 0. The summed E-state index contributed by atoms with van der Waals surface area (Å²) in [7, 11) is 0. The van der Waals surface area contributed by atoms with Crippen molar-refractivity contribution in [2.45, 2.75) is 39.2 Å². The first-order chi connectivity index (χ1) is 5.29. The van der Waals surface area contributed by atoms with Crippen LogP contribution in [0.1, 0.15) is 37.5 Å². The molecule has 0 fully saturated rings. The Kier molecular flexibility index (Phi) is 1.44. The summed E-state index contributed by atoms with van der Waals surface area (Å²) in [5.74, 6) is 2.23. The highest BCUT2D eigenvalue weighted by molar-refractivity contribution is 4.99. The lowest BCUT2D eigenvalue weighted by Gasteiger charge is -2.21. The van der Waals surface area contributed by atoms with Crippen molar-refractivity contribution in [1.82, 2.24) is 14.8 Å². The molecule has 0 N–H and O–H groups in total. The fourth-order valence-electron chi connectivity index (χ4n) is 1.84. The zero-order chi connectivity index (χ0) is 7.84. The second kappa shape index (κ2) is 2.32. The molecule has 1 aliphatic rings. The fraction of sp³-hybridized carbons (Fsp3) is 0.750. The molecule has 2 rings (SSSR count). The van der Waals surface area contributed by atoms with Crippen LogP contribution in [0.15, 0.2) is 0 Å². The van der Waals surface area contributed by atoms with Crippen LogP contribution in [0.5, 0.6) is 0 Å². The molecule has 1 aromatic rings. The smallest absolute Gasteiger partial charge is 0.133 e. The predicted molar refractivity (Wildman–Crippen MR) is 42.4 cm³/mol. The summed E-state index contributed by atoms with van der Waals surface area (Å²) in [6, 6.07) is 0.605. The van der Waals surface area contributed by atoms with Crippen molar-refractivity contribution >= 4 is 0 Å². The highest BCUT2D eigenvalue weighted by Gasteiger charge is 2.18. The molecule has 0 radical (unpaired) electrons. The highest BCUT2D eigenvalue weighted by atomic mass is 15.3. The SMILES string of the molecule is Cc1nnc2n1C(C)CCC2. The van der Waals surface area contributed by atoms with Crippen molar-refractivity contribution in [2.24, 2.45) is 0 Å². The first-order valence-electron chi connectivity index (χ1n) is 4.19. The number of hydrogen-bond acceptors (Lipinski definition) is 2. The highest BCUT2D eigenvalue weighted by Crippen LogP contribution is 2.23. The summed E-state index contributed by atoms with van der Waals surface area (Å²) in [4.78, 5) is 0. The molecule has 0 spiro atoms. The van der Waals surface area contributed by atoms with E-state index in [2.05, 4.69) is 21.7 Å². The van der Waals surface area contributed by atoms with Gasteiger partial charge in [0.15, 0.2) is 0 Å². The van der Waals surface area contributed by atoms with E-state index in [9.17, 15) is 0 Å². The molecule has 0 saturated carbocycles. The van der Waals surface area contributed by atoms with Crippen molar-refractivity contribution in [3.05, 3.63) is 11.6 Å². The van der Waals surface area contributed by atoms with Gasteiger partial charge < -0.3 is 4.57 Å². The van der Waals surface area contributed by atoms with Gasteiger partial charge in [0, 0.05) is 12.5 Å². The molecule has 0 aromatic carbocycles. The zero-order valence-electron chi connectivity index (χ0n) is 7.04. The van der Waals surface area contributed by atoms with Gasteiger partial charge >= 0.3 is 0 Å². The molecule has 0 bridgehead atoms. The molecule has 2 heterocycles. The van der Waals surface area contributed by atoms with E-state index >= 15 is 0 Å². The van der Waals surface area contributed by atoms with Gasteiger partial charge in [-0.2, -0.15) is 0 Å². The van der Waals surface area contributed by atoms with Crippen LogP contribution >= 0.6 is 0 Å². The number of nitrogens with zero attached hydrogens (tertiary/aromatic N) is 3. The lowest BCUT2D eigenvalue weighted by atomic mass is 10.1. The first-order valence-corrected chi connectivity index (χ1v) is 4.19. The molecule has 3 heteroatoms. The second-order valence-corrected chi connectivity index (χ2v) is 3.27. The van der Waals surface area contributed by atoms with E-state index in [-0.39, 0.29) is 0 Å². The van der Waals surface area contributed by atoms with Crippen LogP contribution in [0, 0.1) is 6.92 Å². The van der Waals surface area contributed by atoms with Crippen LogP contribution in [-0.2, 0) is 6.42 Å². The van der Waals surface area contributed by atoms with Gasteiger partial charge in [-0.25, -0.2) is 0 Å². The van der Waals surface area contributed by atoms with E-state index in [0.717, 1.165) is 12.2 Å². The Balaban J connectivity index is 2.48. The number of aryl methyl sites for hydroxylation is 2. The molecule has 0 aliphatic carbocycles. The molecule has 1 atom stereocenters. The minimum absolute atomic E-state index is 0.605. The molecule has 11 heavy (non-hydrogen) atoms. The normalized spacial score (nSPS) is 23.3. The third kappa shape index (κ3) is 0.951. The van der Waals surface area contributed by atoms with Crippen molar-refractivity contribution < 1.29 is 0 Å². The van der Waals surface area contributed by atoms with E-state index in [0.29, 0.717) is 6.04 Å². The Morgan fingerprint density at radius 1 is 1.45 bits per heavy atom. The second-order valence-electron chi connectivity index (χ2n) is 3.27. The molecular formula is C8H13N3. The van der Waals surface area contributed by atoms with E-state index in [4.69, 9.17) is 0 Å². The number of rotatable bonds is 0. The molecule has 3 nitrogen and oxygen atoms in total. The van der Waals surface area contributed by atoms with Gasteiger partial charge in [0.1, 0.15) is 11.6 Å². The molecule has 1 aromatic heterocycles. The molecule has 1 aliphatic heterocycles. The molecule has 0 amide bonds. The van der Waals surface area contributed by atoms with Gasteiger partial charge in [-0.15, -0.1) is 10.2 Å². The van der Waals surface area contributed by atoms with Gasteiger partial charge in [0.05, 0.1) is 0 Å². The Morgan fingerprint density at radius 3 is 3.00 bits per heavy atom. The monoisotopic (exact) mass is 151 g/mol. The minimum atomic E-state index is 0.605. The maximum absolute atomic E-state index is 4.12. The Bertz CT molecular complexity index is 264. The third-order valence-electron chi connectivity index (χ3n) is 2.40. The molecular weight excluding hydrogens is 138 g/mol. The van der Waals surface area contributed by atoms with E-state index in [1.807, 2.05) is 6.92 Å². The van der Waals surface area contributed by atoms with Crippen LogP contribution in [-0.4, -0.2) is 14.8 Å². The van der Waals surface area contributed by atoms with Gasteiger partial charge in [-0.05, 0) is 26.7 Å². The van der Waals surface area contributed by atoms with E-state index in [1.165, 1.54) is 18.7 Å². The van der Waals surface area contributed by atoms with Crippen molar-refractivity contribution in [3.8, 4) is 0 Å². The number of fused-ring (bicyclic) bond motifs is 1. The first kappa shape index (κ1) is 6.83. The summed E-state index contributed by atoms with van der Waals surface area (Å²) in [5, 5.41) is 8.18. The van der Waals surface area contributed by atoms with Crippen LogP contribution in [0.2, 0.25) is 0 Å². The number of hydrogen-bond donors (Lipinski definition) is 0. The molecule has 1 unspecified atom stereocenters. The van der Waals surface area contributed by atoms with Gasteiger partial charge in [0.2, 0.25) is 0 Å².